The van der Waals surface area contributed by atoms with E-state index in [-0.39, 0.29) is 12.4 Å². The monoisotopic (exact) mass is 475 g/mol. The quantitative estimate of drug-likeness (QED) is 0.506. The summed E-state index contributed by atoms with van der Waals surface area (Å²) in [6.07, 6.45) is 11.5. The summed E-state index contributed by atoms with van der Waals surface area (Å²) in [6, 6.07) is 7.49. The standard InChI is InChI=1S/C28H45N3O.ClH/c1-22(2)21-29-16-18-31(19-17-29)27-5-4-24(30-14-8-25(32-3)9-15-30)20-26(27)23-6-10-28(11-7-23)12-13-28;/h4-5,20,22-23,25H,6-19,21H2,1-3H3;1H. The maximum absolute atomic E-state index is 5.61. The third-order valence-corrected chi connectivity index (χ3v) is 8.93. The molecule has 0 aromatic heterocycles. The lowest BCUT2D eigenvalue weighted by atomic mass is 9.76. The van der Waals surface area contributed by atoms with Crippen molar-refractivity contribution >= 4 is 23.8 Å². The second-order valence-corrected chi connectivity index (χ2v) is 11.6. The molecule has 0 N–H and O–H groups in total. The van der Waals surface area contributed by atoms with Gasteiger partial charge in [0.15, 0.2) is 0 Å². The predicted octanol–water partition coefficient (Wildman–Crippen LogP) is 5.94. The third-order valence-electron chi connectivity index (χ3n) is 8.93. The van der Waals surface area contributed by atoms with Gasteiger partial charge < -0.3 is 14.5 Å². The number of nitrogens with zero attached hydrogens (tertiary/aromatic N) is 3. The summed E-state index contributed by atoms with van der Waals surface area (Å²) >= 11 is 0. The molecule has 2 saturated carbocycles. The minimum absolute atomic E-state index is 0. The zero-order chi connectivity index (χ0) is 22.1. The highest BCUT2D eigenvalue weighted by Crippen LogP contribution is 2.59. The smallest absolute Gasteiger partial charge is 0.0605 e. The Morgan fingerprint density at radius 1 is 0.879 bits per heavy atom. The van der Waals surface area contributed by atoms with Crippen LogP contribution < -0.4 is 9.80 Å². The van der Waals surface area contributed by atoms with Crippen molar-refractivity contribution in [3.05, 3.63) is 23.8 Å². The fraction of sp³-hybridized carbons (Fsp3) is 0.786. The second kappa shape index (κ2) is 10.7. The van der Waals surface area contributed by atoms with Crippen LogP contribution in [-0.4, -0.2) is 63.9 Å². The Labute approximate surface area is 208 Å². The minimum atomic E-state index is 0. The van der Waals surface area contributed by atoms with Gasteiger partial charge in [0.05, 0.1) is 6.10 Å². The molecule has 4 nitrogen and oxygen atoms in total. The highest BCUT2D eigenvalue weighted by atomic mass is 35.5. The summed E-state index contributed by atoms with van der Waals surface area (Å²) < 4.78 is 5.61. The van der Waals surface area contributed by atoms with E-state index in [4.69, 9.17) is 4.74 Å². The average molecular weight is 476 g/mol. The molecule has 33 heavy (non-hydrogen) atoms. The van der Waals surface area contributed by atoms with E-state index < -0.39 is 0 Å². The maximum Gasteiger partial charge on any atom is 0.0605 e. The Kier molecular flexibility index (Phi) is 8.18. The average Bonchev–Trinajstić information content (AvgIpc) is 3.58. The predicted molar refractivity (Wildman–Crippen MR) is 142 cm³/mol. The highest BCUT2D eigenvalue weighted by Gasteiger charge is 2.45. The van der Waals surface area contributed by atoms with Gasteiger partial charge in [0.25, 0.3) is 0 Å². The summed E-state index contributed by atoms with van der Waals surface area (Å²) in [6.45, 7) is 12.9. The van der Waals surface area contributed by atoms with Gasteiger partial charge in [-0.3, -0.25) is 4.90 Å². The van der Waals surface area contributed by atoms with Crippen LogP contribution in [0, 0.1) is 11.3 Å². The Morgan fingerprint density at radius 2 is 1.55 bits per heavy atom. The number of piperidine rings is 1. The van der Waals surface area contributed by atoms with Crippen molar-refractivity contribution in [2.24, 2.45) is 11.3 Å². The summed E-state index contributed by atoms with van der Waals surface area (Å²) in [4.78, 5) is 7.97. The maximum atomic E-state index is 5.61. The lowest BCUT2D eigenvalue weighted by Crippen LogP contribution is -2.47. The van der Waals surface area contributed by atoms with E-state index in [1.807, 2.05) is 7.11 Å². The minimum Gasteiger partial charge on any atom is -0.381 e. The first-order valence-corrected chi connectivity index (χ1v) is 13.4. The van der Waals surface area contributed by atoms with Gasteiger partial charge >= 0.3 is 0 Å². The fourth-order valence-corrected chi connectivity index (χ4v) is 6.61. The van der Waals surface area contributed by atoms with Crippen LogP contribution in [-0.2, 0) is 4.74 Å². The lowest BCUT2D eigenvalue weighted by Gasteiger charge is -2.40. The summed E-state index contributed by atoms with van der Waals surface area (Å²) in [5, 5.41) is 0. The number of ether oxygens (including phenoxy) is 1. The molecule has 0 radical (unpaired) electrons. The zero-order valence-corrected chi connectivity index (χ0v) is 22.0. The van der Waals surface area contributed by atoms with Crippen molar-refractivity contribution < 1.29 is 4.74 Å². The van der Waals surface area contributed by atoms with Crippen LogP contribution in [0.25, 0.3) is 0 Å². The van der Waals surface area contributed by atoms with Gasteiger partial charge in [-0.25, -0.2) is 0 Å². The third kappa shape index (κ3) is 5.82. The molecular weight excluding hydrogens is 430 g/mol. The van der Waals surface area contributed by atoms with Gasteiger partial charge in [-0.15, -0.1) is 12.4 Å². The van der Waals surface area contributed by atoms with Crippen molar-refractivity contribution in [2.75, 3.05) is 62.7 Å². The molecule has 2 aliphatic heterocycles. The first-order chi connectivity index (χ1) is 15.5. The van der Waals surface area contributed by atoms with E-state index >= 15 is 0 Å². The molecule has 2 heterocycles. The van der Waals surface area contributed by atoms with Crippen LogP contribution in [0.5, 0.6) is 0 Å². The van der Waals surface area contributed by atoms with Gasteiger partial charge in [0, 0.05) is 64.3 Å². The Morgan fingerprint density at radius 3 is 2.12 bits per heavy atom. The van der Waals surface area contributed by atoms with Crippen LogP contribution in [0.2, 0.25) is 0 Å². The second-order valence-electron chi connectivity index (χ2n) is 11.6. The van der Waals surface area contributed by atoms with Crippen molar-refractivity contribution in [1.29, 1.82) is 0 Å². The molecule has 4 fully saturated rings. The van der Waals surface area contributed by atoms with Crippen molar-refractivity contribution in [3.8, 4) is 0 Å². The highest BCUT2D eigenvalue weighted by molar-refractivity contribution is 5.85. The van der Waals surface area contributed by atoms with Crippen molar-refractivity contribution in [2.45, 2.75) is 77.2 Å². The van der Waals surface area contributed by atoms with Gasteiger partial charge in [0.2, 0.25) is 0 Å². The van der Waals surface area contributed by atoms with Crippen LogP contribution in [0.3, 0.4) is 0 Å². The molecule has 0 amide bonds. The summed E-state index contributed by atoms with van der Waals surface area (Å²) in [5.41, 5.74) is 5.41. The topological polar surface area (TPSA) is 19.0 Å². The molecule has 1 aromatic carbocycles. The number of anilines is 2. The molecular formula is C28H46ClN3O. The van der Waals surface area contributed by atoms with Crippen LogP contribution in [0.4, 0.5) is 11.4 Å². The van der Waals surface area contributed by atoms with E-state index in [1.54, 1.807) is 11.3 Å². The molecule has 5 rings (SSSR count). The lowest BCUT2D eigenvalue weighted by molar-refractivity contribution is 0.0819. The first-order valence-electron chi connectivity index (χ1n) is 13.4. The SMILES string of the molecule is COC1CCN(c2ccc(N3CCN(CC(C)C)CC3)c(C3CCC4(CC3)CC4)c2)CC1.Cl. The number of benzene rings is 1. The van der Waals surface area contributed by atoms with E-state index in [0.717, 1.165) is 43.2 Å². The van der Waals surface area contributed by atoms with Gasteiger partial charge in [-0.05, 0) is 92.4 Å². The van der Waals surface area contributed by atoms with E-state index in [1.165, 1.54) is 76.9 Å². The van der Waals surface area contributed by atoms with Crippen LogP contribution in [0.1, 0.15) is 76.7 Å². The molecule has 2 saturated heterocycles. The Balaban J connectivity index is 0.00000259. The Bertz CT molecular complexity index is 754. The first kappa shape index (κ1) is 25.1. The van der Waals surface area contributed by atoms with Crippen molar-refractivity contribution in [3.63, 3.8) is 0 Å². The summed E-state index contributed by atoms with van der Waals surface area (Å²) in [7, 11) is 1.86. The molecule has 5 heteroatoms. The number of halogens is 1. The van der Waals surface area contributed by atoms with Crippen LogP contribution in [0.15, 0.2) is 18.2 Å². The van der Waals surface area contributed by atoms with Crippen LogP contribution >= 0.6 is 12.4 Å². The molecule has 0 bridgehead atoms. The molecule has 0 atom stereocenters. The van der Waals surface area contributed by atoms with E-state index in [0.29, 0.717) is 6.10 Å². The Hall–Kier alpha value is -0.970. The number of rotatable bonds is 6. The van der Waals surface area contributed by atoms with Gasteiger partial charge in [-0.1, -0.05) is 13.8 Å². The zero-order valence-electron chi connectivity index (χ0n) is 21.2. The van der Waals surface area contributed by atoms with E-state index in [2.05, 4.69) is 46.7 Å². The number of hydrogen-bond donors (Lipinski definition) is 0. The van der Waals surface area contributed by atoms with Crippen molar-refractivity contribution in [1.82, 2.24) is 4.90 Å². The van der Waals surface area contributed by atoms with Gasteiger partial charge in [-0.2, -0.15) is 0 Å². The number of methoxy groups -OCH3 is 1. The molecule has 186 valence electrons. The number of piperazine rings is 1. The summed E-state index contributed by atoms with van der Waals surface area (Å²) in [5.74, 6) is 1.51. The number of hydrogen-bond acceptors (Lipinski definition) is 4. The molecule has 4 aliphatic rings. The van der Waals surface area contributed by atoms with E-state index in [9.17, 15) is 0 Å². The molecule has 1 aromatic rings. The normalized spacial score (nSPS) is 24.4. The molecule has 2 aliphatic carbocycles. The molecule has 0 unspecified atom stereocenters. The van der Waals surface area contributed by atoms with Gasteiger partial charge in [0.1, 0.15) is 0 Å². The molecule has 1 spiro atoms. The fourth-order valence-electron chi connectivity index (χ4n) is 6.61. The largest absolute Gasteiger partial charge is 0.381 e.